The zero-order valence-corrected chi connectivity index (χ0v) is 23.5. The van der Waals surface area contributed by atoms with Gasteiger partial charge in [-0.2, -0.15) is 0 Å². The molecule has 3 heterocycles. The molecule has 0 fully saturated rings. The third-order valence-corrected chi connectivity index (χ3v) is 7.87. The van der Waals surface area contributed by atoms with Crippen LogP contribution in [0, 0.1) is 5.82 Å². The standard InChI is InChI=1S/C39H24FN3O/c40-32-17-14-27(15-18-32)36-23-35(42-39(43-36)30-6-3-5-28(21-30)31-7-4-20-41-24-31)26-12-10-25(11-13-26)29-16-19-38-34(22-29)33-8-1-2-9-37(33)44-38/h1-24H. The van der Waals surface area contributed by atoms with Crippen LogP contribution in [0.3, 0.4) is 0 Å². The molecule has 208 valence electrons. The second-order valence-electron chi connectivity index (χ2n) is 10.7. The Bertz CT molecular complexity index is 2280. The highest BCUT2D eigenvalue weighted by Crippen LogP contribution is 2.34. The molecule has 0 aliphatic rings. The first kappa shape index (κ1) is 25.7. The summed E-state index contributed by atoms with van der Waals surface area (Å²) >= 11 is 0. The van der Waals surface area contributed by atoms with Crippen LogP contribution in [0.5, 0.6) is 0 Å². The van der Waals surface area contributed by atoms with Crippen LogP contribution >= 0.6 is 0 Å². The molecule has 0 amide bonds. The van der Waals surface area contributed by atoms with Gasteiger partial charge >= 0.3 is 0 Å². The van der Waals surface area contributed by atoms with E-state index >= 15 is 0 Å². The third kappa shape index (κ3) is 4.80. The Labute approximate surface area is 253 Å². The van der Waals surface area contributed by atoms with E-state index in [1.54, 1.807) is 18.3 Å². The maximum Gasteiger partial charge on any atom is 0.160 e. The fourth-order valence-corrected chi connectivity index (χ4v) is 5.60. The first-order chi connectivity index (χ1) is 21.7. The summed E-state index contributed by atoms with van der Waals surface area (Å²) in [7, 11) is 0. The summed E-state index contributed by atoms with van der Waals surface area (Å²) < 4.78 is 19.8. The molecule has 4 nitrogen and oxygen atoms in total. The molecule has 5 aromatic carbocycles. The molecule has 0 aliphatic carbocycles. The van der Waals surface area contributed by atoms with Gasteiger partial charge in [0.25, 0.3) is 0 Å². The number of para-hydroxylation sites is 1. The van der Waals surface area contributed by atoms with Crippen LogP contribution in [0.15, 0.2) is 150 Å². The summed E-state index contributed by atoms with van der Waals surface area (Å²) in [6, 6.07) is 43.2. The molecule has 0 spiro atoms. The van der Waals surface area contributed by atoms with Gasteiger partial charge in [0.15, 0.2) is 5.82 Å². The number of rotatable bonds is 5. The lowest BCUT2D eigenvalue weighted by Gasteiger charge is -2.11. The Balaban J connectivity index is 1.20. The van der Waals surface area contributed by atoms with Crippen molar-refractivity contribution in [3.8, 4) is 56.2 Å². The van der Waals surface area contributed by atoms with Crippen LogP contribution in [0.1, 0.15) is 0 Å². The average Bonchev–Trinajstić information content (AvgIpc) is 3.47. The van der Waals surface area contributed by atoms with Gasteiger partial charge in [-0.1, -0.05) is 72.8 Å². The second-order valence-corrected chi connectivity index (χ2v) is 10.7. The minimum atomic E-state index is -0.287. The van der Waals surface area contributed by atoms with Crippen molar-refractivity contribution in [2.45, 2.75) is 0 Å². The number of halogens is 1. The summed E-state index contributed by atoms with van der Waals surface area (Å²) in [5, 5.41) is 2.20. The van der Waals surface area contributed by atoms with E-state index in [1.165, 1.54) is 12.1 Å². The first-order valence-electron chi connectivity index (χ1n) is 14.4. The van der Waals surface area contributed by atoms with Gasteiger partial charge < -0.3 is 4.42 Å². The van der Waals surface area contributed by atoms with Gasteiger partial charge in [0.2, 0.25) is 0 Å². The van der Waals surface area contributed by atoms with Gasteiger partial charge in [0.05, 0.1) is 11.4 Å². The number of pyridine rings is 1. The Morgan fingerprint density at radius 2 is 1.09 bits per heavy atom. The van der Waals surface area contributed by atoms with E-state index in [0.29, 0.717) is 5.82 Å². The van der Waals surface area contributed by atoms with Crippen LogP contribution < -0.4 is 0 Å². The Hall–Kier alpha value is -5.94. The van der Waals surface area contributed by atoms with E-state index in [4.69, 9.17) is 14.4 Å². The first-order valence-corrected chi connectivity index (χ1v) is 14.4. The molecule has 0 unspecified atom stereocenters. The minimum absolute atomic E-state index is 0.287. The van der Waals surface area contributed by atoms with Gasteiger partial charge in [0, 0.05) is 45.4 Å². The summed E-state index contributed by atoms with van der Waals surface area (Å²) in [5.41, 5.74) is 10.2. The number of benzene rings is 5. The molecule has 0 N–H and O–H groups in total. The predicted octanol–water partition coefficient (Wildman–Crippen LogP) is 10.2. The zero-order chi connectivity index (χ0) is 29.5. The van der Waals surface area contributed by atoms with E-state index in [2.05, 4.69) is 53.5 Å². The summed E-state index contributed by atoms with van der Waals surface area (Å²) in [5.74, 6) is 0.304. The number of hydrogen-bond acceptors (Lipinski definition) is 4. The van der Waals surface area contributed by atoms with Crippen LogP contribution in [0.25, 0.3) is 78.1 Å². The highest BCUT2D eigenvalue weighted by molar-refractivity contribution is 6.06. The topological polar surface area (TPSA) is 51.8 Å². The van der Waals surface area contributed by atoms with Gasteiger partial charge in [-0.3, -0.25) is 4.98 Å². The van der Waals surface area contributed by atoms with Crippen molar-refractivity contribution in [3.63, 3.8) is 0 Å². The predicted molar refractivity (Wildman–Crippen MR) is 174 cm³/mol. The fourth-order valence-electron chi connectivity index (χ4n) is 5.60. The molecule has 8 aromatic rings. The number of aromatic nitrogens is 3. The summed E-state index contributed by atoms with van der Waals surface area (Å²) in [6.07, 6.45) is 3.60. The van der Waals surface area contributed by atoms with E-state index in [0.717, 1.165) is 72.3 Å². The van der Waals surface area contributed by atoms with E-state index in [1.807, 2.05) is 66.9 Å². The molecule has 0 atom stereocenters. The molecule has 0 bridgehead atoms. The number of furan rings is 1. The van der Waals surface area contributed by atoms with E-state index in [-0.39, 0.29) is 5.82 Å². The van der Waals surface area contributed by atoms with E-state index in [9.17, 15) is 4.39 Å². The SMILES string of the molecule is Fc1ccc(-c2cc(-c3ccc(-c4ccc5oc6ccccc6c5c4)cc3)nc(-c3cccc(-c4cccnc4)c3)n2)cc1. The van der Waals surface area contributed by atoms with Gasteiger partial charge in [-0.25, -0.2) is 14.4 Å². The lowest BCUT2D eigenvalue weighted by molar-refractivity contribution is 0.628. The zero-order valence-electron chi connectivity index (χ0n) is 23.5. The highest BCUT2D eigenvalue weighted by atomic mass is 19.1. The minimum Gasteiger partial charge on any atom is -0.456 e. The lowest BCUT2D eigenvalue weighted by Crippen LogP contribution is -1.96. The van der Waals surface area contributed by atoms with Crippen LogP contribution in [-0.2, 0) is 0 Å². The second kappa shape index (κ2) is 10.7. The van der Waals surface area contributed by atoms with Crippen molar-refractivity contribution in [2.75, 3.05) is 0 Å². The normalized spacial score (nSPS) is 11.3. The smallest absolute Gasteiger partial charge is 0.160 e. The Morgan fingerprint density at radius 3 is 1.86 bits per heavy atom. The van der Waals surface area contributed by atoms with Crippen molar-refractivity contribution in [1.82, 2.24) is 15.0 Å². The largest absolute Gasteiger partial charge is 0.456 e. The Morgan fingerprint density at radius 1 is 0.455 bits per heavy atom. The lowest BCUT2D eigenvalue weighted by atomic mass is 10.00. The van der Waals surface area contributed by atoms with Crippen LogP contribution in [0.2, 0.25) is 0 Å². The van der Waals surface area contributed by atoms with Crippen molar-refractivity contribution >= 4 is 21.9 Å². The molecule has 0 radical (unpaired) electrons. The molecule has 44 heavy (non-hydrogen) atoms. The summed E-state index contributed by atoms with van der Waals surface area (Å²) in [6.45, 7) is 0. The molecule has 3 aromatic heterocycles. The van der Waals surface area contributed by atoms with Gasteiger partial charge in [-0.15, -0.1) is 0 Å². The van der Waals surface area contributed by atoms with Crippen molar-refractivity contribution in [2.24, 2.45) is 0 Å². The molecule has 0 saturated carbocycles. The van der Waals surface area contributed by atoms with E-state index < -0.39 is 0 Å². The third-order valence-electron chi connectivity index (χ3n) is 7.87. The van der Waals surface area contributed by atoms with Crippen molar-refractivity contribution in [1.29, 1.82) is 0 Å². The maximum atomic E-state index is 13.8. The molecule has 5 heteroatoms. The van der Waals surface area contributed by atoms with Gasteiger partial charge in [0.1, 0.15) is 17.0 Å². The maximum absolute atomic E-state index is 13.8. The monoisotopic (exact) mass is 569 g/mol. The van der Waals surface area contributed by atoms with Crippen LogP contribution in [-0.4, -0.2) is 15.0 Å². The average molecular weight is 570 g/mol. The van der Waals surface area contributed by atoms with Gasteiger partial charge in [-0.05, 0) is 77.4 Å². The highest BCUT2D eigenvalue weighted by Gasteiger charge is 2.13. The summed E-state index contributed by atoms with van der Waals surface area (Å²) in [4.78, 5) is 14.2. The number of nitrogens with zero attached hydrogens (tertiary/aromatic N) is 3. The molecule has 8 rings (SSSR count). The quantitative estimate of drug-likeness (QED) is 0.207. The van der Waals surface area contributed by atoms with Crippen LogP contribution in [0.4, 0.5) is 4.39 Å². The number of hydrogen-bond donors (Lipinski definition) is 0. The molecule has 0 saturated heterocycles. The Kier molecular flexibility index (Phi) is 6.27. The number of fused-ring (bicyclic) bond motifs is 3. The fraction of sp³-hybridized carbons (Fsp3) is 0. The molecular formula is C39H24FN3O. The van der Waals surface area contributed by atoms with Crippen molar-refractivity contribution in [3.05, 3.63) is 152 Å². The van der Waals surface area contributed by atoms with Crippen molar-refractivity contribution < 1.29 is 8.81 Å². The molecular weight excluding hydrogens is 545 g/mol. The molecule has 0 aliphatic heterocycles.